The molecular weight excluding hydrogens is 358 g/mol. The van der Waals surface area contributed by atoms with E-state index in [0.29, 0.717) is 18.3 Å². The molecule has 140 valence electrons. The molecule has 6 heteroatoms. The van der Waals surface area contributed by atoms with Crippen molar-refractivity contribution in [3.63, 3.8) is 0 Å². The lowest BCUT2D eigenvalue weighted by molar-refractivity contribution is 0.256. The number of hydrogen-bond donors (Lipinski definition) is 1. The van der Waals surface area contributed by atoms with Crippen molar-refractivity contribution in [2.45, 2.75) is 26.4 Å². The lowest BCUT2D eigenvalue weighted by Crippen LogP contribution is -2.35. The number of urea groups is 1. The van der Waals surface area contributed by atoms with Gasteiger partial charge in [-0.1, -0.05) is 49.7 Å². The zero-order chi connectivity index (χ0) is 18.9. The van der Waals surface area contributed by atoms with Gasteiger partial charge in [-0.3, -0.25) is 10.2 Å². The summed E-state index contributed by atoms with van der Waals surface area (Å²) in [5.74, 6) is 0.736. The van der Waals surface area contributed by atoms with E-state index in [2.05, 4.69) is 17.2 Å². The second kappa shape index (κ2) is 9.73. The van der Waals surface area contributed by atoms with Crippen LogP contribution < -0.4 is 15.0 Å². The number of thiazole rings is 1. The molecule has 0 spiro atoms. The van der Waals surface area contributed by atoms with Gasteiger partial charge in [0.15, 0.2) is 5.13 Å². The maximum Gasteiger partial charge on any atom is 0.328 e. The standard InChI is InChI=1S/C21H23N3O2S/c1-2-3-13-24(21(25)23-20-22-12-14-27-20)18-10-7-11-19(15-18)26-16-17-8-5-4-6-9-17/h4-12,14-15H,2-3,13,16H2,1H3,(H,22,23,25). The number of rotatable bonds is 8. The molecular formula is C21H23N3O2S. The summed E-state index contributed by atoms with van der Waals surface area (Å²) in [6.07, 6.45) is 3.60. The highest BCUT2D eigenvalue weighted by molar-refractivity contribution is 7.13. The van der Waals surface area contributed by atoms with Crippen LogP contribution in [0, 0.1) is 0 Å². The summed E-state index contributed by atoms with van der Waals surface area (Å²) in [7, 11) is 0. The van der Waals surface area contributed by atoms with E-state index in [1.54, 1.807) is 11.1 Å². The van der Waals surface area contributed by atoms with Crippen LogP contribution >= 0.6 is 11.3 Å². The van der Waals surface area contributed by atoms with E-state index in [-0.39, 0.29) is 6.03 Å². The van der Waals surface area contributed by atoms with Crippen LogP contribution in [-0.2, 0) is 6.61 Å². The van der Waals surface area contributed by atoms with Crippen molar-refractivity contribution < 1.29 is 9.53 Å². The Kier molecular flexibility index (Phi) is 6.82. The van der Waals surface area contributed by atoms with Gasteiger partial charge < -0.3 is 4.74 Å². The molecule has 3 aromatic rings. The first-order chi connectivity index (χ1) is 13.3. The Labute approximate surface area is 163 Å². The second-order valence-electron chi connectivity index (χ2n) is 6.04. The van der Waals surface area contributed by atoms with Crippen LogP contribution in [0.15, 0.2) is 66.2 Å². The second-order valence-corrected chi connectivity index (χ2v) is 6.94. The Hall–Kier alpha value is -2.86. The van der Waals surface area contributed by atoms with Crippen molar-refractivity contribution in [1.82, 2.24) is 4.98 Å². The average Bonchev–Trinajstić information content (AvgIpc) is 3.21. The van der Waals surface area contributed by atoms with E-state index in [0.717, 1.165) is 29.8 Å². The highest BCUT2D eigenvalue weighted by Gasteiger charge is 2.17. The molecule has 2 amide bonds. The van der Waals surface area contributed by atoms with Crippen LogP contribution in [0.1, 0.15) is 25.3 Å². The average molecular weight is 382 g/mol. The van der Waals surface area contributed by atoms with Crippen molar-refractivity contribution in [1.29, 1.82) is 0 Å². The van der Waals surface area contributed by atoms with E-state index in [4.69, 9.17) is 4.74 Å². The number of carbonyl (C=O) groups excluding carboxylic acids is 1. The fraction of sp³-hybridized carbons (Fsp3) is 0.238. The zero-order valence-corrected chi connectivity index (χ0v) is 16.1. The number of nitrogens with one attached hydrogen (secondary N) is 1. The van der Waals surface area contributed by atoms with Gasteiger partial charge in [0.25, 0.3) is 0 Å². The molecule has 0 saturated heterocycles. The van der Waals surface area contributed by atoms with Crippen LogP contribution in [0.3, 0.4) is 0 Å². The molecule has 2 aromatic carbocycles. The number of amides is 2. The van der Waals surface area contributed by atoms with Gasteiger partial charge in [0.05, 0.1) is 0 Å². The molecule has 0 saturated carbocycles. The minimum atomic E-state index is -0.182. The summed E-state index contributed by atoms with van der Waals surface area (Å²) in [6.45, 7) is 3.23. The third-order valence-corrected chi connectivity index (χ3v) is 4.69. The summed E-state index contributed by atoms with van der Waals surface area (Å²) in [4.78, 5) is 18.6. The number of anilines is 2. The summed E-state index contributed by atoms with van der Waals surface area (Å²) in [6, 6.07) is 17.5. The van der Waals surface area contributed by atoms with Crippen LogP contribution in [0.5, 0.6) is 5.75 Å². The van der Waals surface area contributed by atoms with Gasteiger partial charge in [0.2, 0.25) is 0 Å². The number of ether oxygens (including phenoxy) is 1. The summed E-state index contributed by atoms with van der Waals surface area (Å²) < 4.78 is 5.90. The van der Waals surface area contributed by atoms with Gasteiger partial charge in [-0.15, -0.1) is 11.3 Å². The molecule has 0 aliphatic heterocycles. The van der Waals surface area contributed by atoms with Crippen LogP contribution in [-0.4, -0.2) is 17.6 Å². The normalized spacial score (nSPS) is 10.4. The SMILES string of the molecule is CCCCN(C(=O)Nc1nccs1)c1cccc(OCc2ccccc2)c1. The number of unbranched alkanes of at least 4 members (excludes halogenated alkanes) is 1. The maximum absolute atomic E-state index is 12.7. The monoisotopic (exact) mass is 381 g/mol. The number of nitrogens with zero attached hydrogens (tertiary/aromatic N) is 2. The molecule has 0 aliphatic rings. The minimum absolute atomic E-state index is 0.182. The predicted molar refractivity (Wildman–Crippen MR) is 111 cm³/mol. The Bertz CT molecular complexity index is 838. The molecule has 5 nitrogen and oxygen atoms in total. The van der Waals surface area contributed by atoms with Crippen LogP contribution in [0.2, 0.25) is 0 Å². The van der Waals surface area contributed by atoms with E-state index >= 15 is 0 Å². The summed E-state index contributed by atoms with van der Waals surface area (Å²) in [5.41, 5.74) is 1.91. The Morgan fingerprint density at radius 3 is 2.78 bits per heavy atom. The van der Waals surface area contributed by atoms with Gasteiger partial charge in [0.1, 0.15) is 12.4 Å². The first-order valence-corrected chi connectivity index (χ1v) is 9.89. The molecule has 0 fully saturated rings. The Morgan fingerprint density at radius 2 is 2.04 bits per heavy atom. The van der Waals surface area contributed by atoms with E-state index in [1.807, 2.05) is 60.0 Å². The molecule has 1 heterocycles. The maximum atomic E-state index is 12.7. The van der Waals surface area contributed by atoms with Gasteiger partial charge in [-0.2, -0.15) is 0 Å². The number of hydrogen-bond acceptors (Lipinski definition) is 4. The molecule has 0 unspecified atom stereocenters. The van der Waals surface area contributed by atoms with Gasteiger partial charge in [-0.25, -0.2) is 9.78 Å². The highest BCUT2D eigenvalue weighted by Crippen LogP contribution is 2.24. The minimum Gasteiger partial charge on any atom is -0.489 e. The largest absolute Gasteiger partial charge is 0.489 e. The van der Waals surface area contributed by atoms with E-state index in [1.165, 1.54) is 11.3 Å². The van der Waals surface area contributed by atoms with Crippen molar-refractivity contribution in [3.8, 4) is 5.75 Å². The quantitative estimate of drug-likeness (QED) is 0.556. The molecule has 3 rings (SSSR count). The van der Waals surface area contributed by atoms with Crippen molar-refractivity contribution in [3.05, 3.63) is 71.7 Å². The molecule has 0 bridgehead atoms. The molecule has 27 heavy (non-hydrogen) atoms. The van der Waals surface area contributed by atoms with Gasteiger partial charge >= 0.3 is 6.03 Å². The molecule has 0 aliphatic carbocycles. The van der Waals surface area contributed by atoms with E-state index < -0.39 is 0 Å². The lowest BCUT2D eigenvalue weighted by atomic mass is 10.2. The van der Waals surface area contributed by atoms with Crippen molar-refractivity contribution >= 4 is 28.2 Å². The smallest absolute Gasteiger partial charge is 0.328 e. The first kappa shape index (κ1) is 18.9. The first-order valence-electron chi connectivity index (χ1n) is 9.01. The summed E-state index contributed by atoms with van der Waals surface area (Å²) >= 11 is 1.40. The fourth-order valence-corrected chi connectivity index (χ4v) is 3.11. The van der Waals surface area contributed by atoms with Gasteiger partial charge in [-0.05, 0) is 24.1 Å². The third kappa shape index (κ3) is 5.56. The van der Waals surface area contributed by atoms with E-state index in [9.17, 15) is 4.79 Å². The van der Waals surface area contributed by atoms with Gasteiger partial charge in [0, 0.05) is 29.9 Å². The predicted octanol–water partition coefficient (Wildman–Crippen LogP) is 5.56. The Morgan fingerprint density at radius 1 is 1.19 bits per heavy atom. The highest BCUT2D eigenvalue weighted by atomic mass is 32.1. The zero-order valence-electron chi connectivity index (χ0n) is 15.3. The van der Waals surface area contributed by atoms with Crippen LogP contribution in [0.25, 0.3) is 0 Å². The van der Waals surface area contributed by atoms with Crippen molar-refractivity contribution in [2.24, 2.45) is 0 Å². The van der Waals surface area contributed by atoms with Crippen molar-refractivity contribution in [2.75, 3.05) is 16.8 Å². The number of carbonyl (C=O) groups is 1. The molecule has 1 aromatic heterocycles. The summed E-state index contributed by atoms with van der Waals surface area (Å²) in [5, 5.41) is 5.29. The Balaban J connectivity index is 1.72. The van der Waals surface area contributed by atoms with Crippen LogP contribution in [0.4, 0.5) is 15.6 Å². The molecule has 0 radical (unpaired) electrons. The number of benzene rings is 2. The fourth-order valence-electron chi connectivity index (χ4n) is 2.59. The lowest BCUT2D eigenvalue weighted by Gasteiger charge is -2.23. The topological polar surface area (TPSA) is 54.5 Å². The number of aromatic nitrogens is 1. The molecule has 1 N–H and O–H groups in total. The third-order valence-electron chi connectivity index (χ3n) is 4.00. The molecule has 0 atom stereocenters.